The lowest BCUT2D eigenvalue weighted by atomic mass is 10.1. The Morgan fingerprint density at radius 3 is 2.44 bits per heavy atom. The highest BCUT2D eigenvalue weighted by Gasteiger charge is 2.12. The van der Waals surface area contributed by atoms with Crippen molar-refractivity contribution in [2.45, 2.75) is 32.8 Å². The van der Waals surface area contributed by atoms with Gasteiger partial charge in [0, 0.05) is 5.56 Å². The average Bonchev–Trinajstić information content (AvgIpc) is 2.29. The van der Waals surface area contributed by atoms with E-state index in [0.717, 1.165) is 12.8 Å². The molecule has 18 heavy (non-hydrogen) atoms. The monoisotopic (exact) mass is 248 g/mol. The molecule has 0 aliphatic rings. The number of benzene rings is 1. The molecule has 1 rings (SSSR count). The second-order valence-electron chi connectivity index (χ2n) is 4.26. The molecule has 0 bridgehead atoms. The summed E-state index contributed by atoms with van der Waals surface area (Å²) >= 11 is 0. The smallest absolute Gasteiger partial charge is 0.130 e. The third-order valence-corrected chi connectivity index (χ3v) is 2.60. The van der Waals surface area contributed by atoms with Gasteiger partial charge in [-0.2, -0.15) is 0 Å². The van der Waals surface area contributed by atoms with E-state index in [0.29, 0.717) is 16.9 Å². The molecule has 0 fully saturated rings. The topological polar surface area (TPSA) is 109 Å². The standard InChI is InChI=1S/C13H20N4O/c1-3-4-8(2)18-11-6-5-9(12(14)15)7-10(11)13(16)17/h5-8H,3-4H2,1-2H3,(H3,14,15)(H3,16,17). The summed E-state index contributed by atoms with van der Waals surface area (Å²) in [5.41, 5.74) is 12.0. The van der Waals surface area contributed by atoms with Gasteiger partial charge in [0.1, 0.15) is 17.4 Å². The number of hydrogen-bond acceptors (Lipinski definition) is 3. The van der Waals surface area contributed by atoms with Gasteiger partial charge in [0.2, 0.25) is 0 Å². The van der Waals surface area contributed by atoms with Crippen LogP contribution in [0.2, 0.25) is 0 Å². The van der Waals surface area contributed by atoms with E-state index in [1.807, 2.05) is 6.92 Å². The van der Waals surface area contributed by atoms with Gasteiger partial charge in [-0.3, -0.25) is 10.8 Å². The van der Waals surface area contributed by atoms with Crippen molar-refractivity contribution < 1.29 is 4.74 Å². The molecule has 1 unspecified atom stereocenters. The van der Waals surface area contributed by atoms with Gasteiger partial charge in [0.15, 0.2) is 0 Å². The van der Waals surface area contributed by atoms with Crippen LogP contribution in [-0.2, 0) is 0 Å². The van der Waals surface area contributed by atoms with E-state index in [9.17, 15) is 0 Å². The second-order valence-corrected chi connectivity index (χ2v) is 4.26. The molecule has 0 aliphatic heterocycles. The molecule has 0 amide bonds. The molecular weight excluding hydrogens is 228 g/mol. The van der Waals surface area contributed by atoms with Crippen LogP contribution in [0.5, 0.6) is 5.75 Å². The van der Waals surface area contributed by atoms with Gasteiger partial charge in [-0.25, -0.2) is 0 Å². The summed E-state index contributed by atoms with van der Waals surface area (Å²) in [6, 6.07) is 5.01. The quantitative estimate of drug-likeness (QED) is 0.455. The Hall–Kier alpha value is -2.04. The predicted molar refractivity (Wildman–Crippen MR) is 73.5 cm³/mol. The summed E-state index contributed by atoms with van der Waals surface area (Å²) in [6.45, 7) is 4.07. The molecule has 0 aliphatic carbocycles. The zero-order chi connectivity index (χ0) is 13.7. The Morgan fingerprint density at radius 1 is 1.28 bits per heavy atom. The van der Waals surface area contributed by atoms with Gasteiger partial charge >= 0.3 is 0 Å². The van der Waals surface area contributed by atoms with Crippen molar-refractivity contribution in [3.8, 4) is 5.75 Å². The lowest BCUT2D eigenvalue weighted by Crippen LogP contribution is -2.19. The Kier molecular flexibility index (Phi) is 4.71. The number of hydrogen-bond donors (Lipinski definition) is 4. The van der Waals surface area contributed by atoms with E-state index in [1.165, 1.54) is 0 Å². The van der Waals surface area contributed by atoms with Crippen molar-refractivity contribution in [3.05, 3.63) is 29.3 Å². The first-order valence-electron chi connectivity index (χ1n) is 5.95. The van der Waals surface area contributed by atoms with Crippen LogP contribution in [0, 0.1) is 10.8 Å². The summed E-state index contributed by atoms with van der Waals surface area (Å²) in [7, 11) is 0. The summed E-state index contributed by atoms with van der Waals surface area (Å²) < 4.78 is 5.75. The summed E-state index contributed by atoms with van der Waals surface area (Å²) in [5, 5.41) is 14.9. The Balaban J connectivity index is 3.04. The van der Waals surface area contributed by atoms with Crippen molar-refractivity contribution >= 4 is 11.7 Å². The number of ether oxygens (including phenoxy) is 1. The van der Waals surface area contributed by atoms with Gasteiger partial charge in [0.05, 0.1) is 11.7 Å². The predicted octanol–water partition coefficient (Wildman–Crippen LogP) is 1.82. The minimum absolute atomic E-state index is 0.0503. The second kappa shape index (κ2) is 6.05. The van der Waals surface area contributed by atoms with E-state index in [4.69, 9.17) is 27.0 Å². The van der Waals surface area contributed by atoms with Crippen molar-refractivity contribution in [1.82, 2.24) is 0 Å². The number of nitrogen functional groups attached to an aromatic ring is 2. The molecule has 1 aromatic rings. The van der Waals surface area contributed by atoms with Crippen molar-refractivity contribution in [1.29, 1.82) is 10.8 Å². The zero-order valence-corrected chi connectivity index (χ0v) is 10.8. The molecule has 5 heteroatoms. The van der Waals surface area contributed by atoms with Crippen LogP contribution in [0.4, 0.5) is 0 Å². The van der Waals surface area contributed by atoms with Crippen LogP contribution in [0.15, 0.2) is 18.2 Å². The molecule has 5 nitrogen and oxygen atoms in total. The maximum atomic E-state index is 7.55. The molecule has 0 saturated heterocycles. The van der Waals surface area contributed by atoms with Crippen molar-refractivity contribution in [2.24, 2.45) is 11.5 Å². The first-order valence-corrected chi connectivity index (χ1v) is 5.95. The maximum absolute atomic E-state index is 7.55. The van der Waals surface area contributed by atoms with Crippen LogP contribution in [0.3, 0.4) is 0 Å². The fraction of sp³-hybridized carbons (Fsp3) is 0.385. The normalized spacial score (nSPS) is 11.9. The molecule has 1 atom stereocenters. The van der Waals surface area contributed by atoms with Crippen LogP contribution >= 0.6 is 0 Å². The average molecular weight is 248 g/mol. The van der Waals surface area contributed by atoms with E-state index < -0.39 is 0 Å². The summed E-state index contributed by atoms with van der Waals surface area (Å²) in [6.07, 6.45) is 2.03. The maximum Gasteiger partial charge on any atom is 0.130 e. The van der Waals surface area contributed by atoms with Gasteiger partial charge in [-0.15, -0.1) is 0 Å². The molecule has 1 aromatic carbocycles. The van der Waals surface area contributed by atoms with Crippen LogP contribution in [0.25, 0.3) is 0 Å². The Labute approximate surface area is 107 Å². The minimum Gasteiger partial charge on any atom is -0.490 e. The molecular formula is C13H20N4O. The highest BCUT2D eigenvalue weighted by Crippen LogP contribution is 2.22. The van der Waals surface area contributed by atoms with E-state index >= 15 is 0 Å². The van der Waals surface area contributed by atoms with E-state index in [1.54, 1.807) is 18.2 Å². The highest BCUT2D eigenvalue weighted by atomic mass is 16.5. The number of nitrogens with one attached hydrogen (secondary N) is 2. The van der Waals surface area contributed by atoms with E-state index in [-0.39, 0.29) is 17.8 Å². The molecule has 0 aromatic heterocycles. The zero-order valence-electron chi connectivity index (χ0n) is 10.8. The van der Waals surface area contributed by atoms with Crippen LogP contribution < -0.4 is 16.2 Å². The van der Waals surface area contributed by atoms with E-state index in [2.05, 4.69) is 6.92 Å². The van der Waals surface area contributed by atoms with Crippen molar-refractivity contribution in [2.75, 3.05) is 0 Å². The summed E-state index contributed by atoms with van der Waals surface area (Å²) in [4.78, 5) is 0. The molecule has 0 saturated carbocycles. The van der Waals surface area contributed by atoms with Gasteiger partial charge in [0.25, 0.3) is 0 Å². The SMILES string of the molecule is CCCC(C)Oc1ccc(C(=N)N)cc1C(=N)N. The van der Waals surface area contributed by atoms with Crippen molar-refractivity contribution in [3.63, 3.8) is 0 Å². The van der Waals surface area contributed by atoms with Crippen LogP contribution in [0.1, 0.15) is 37.8 Å². The summed E-state index contributed by atoms with van der Waals surface area (Å²) in [5.74, 6) is 0.427. The molecule has 98 valence electrons. The van der Waals surface area contributed by atoms with Gasteiger partial charge in [-0.05, 0) is 31.5 Å². The lowest BCUT2D eigenvalue weighted by Gasteiger charge is -2.17. The minimum atomic E-state index is -0.0863. The molecule has 6 N–H and O–H groups in total. The number of amidine groups is 2. The molecule has 0 radical (unpaired) electrons. The van der Waals surface area contributed by atoms with Gasteiger partial charge in [-0.1, -0.05) is 13.3 Å². The largest absolute Gasteiger partial charge is 0.490 e. The number of rotatable bonds is 6. The fourth-order valence-corrected chi connectivity index (χ4v) is 1.69. The van der Waals surface area contributed by atoms with Gasteiger partial charge < -0.3 is 16.2 Å². The highest BCUT2D eigenvalue weighted by molar-refractivity contribution is 6.02. The lowest BCUT2D eigenvalue weighted by molar-refractivity contribution is 0.209. The Morgan fingerprint density at radius 2 is 1.94 bits per heavy atom. The molecule has 0 spiro atoms. The van der Waals surface area contributed by atoms with Crippen LogP contribution in [-0.4, -0.2) is 17.8 Å². The first-order chi connectivity index (χ1) is 8.45. The molecule has 0 heterocycles. The first kappa shape index (κ1) is 14.0. The third kappa shape index (κ3) is 3.48. The fourth-order valence-electron chi connectivity index (χ4n) is 1.69. The number of nitrogens with two attached hydrogens (primary N) is 2. The third-order valence-electron chi connectivity index (χ3n) is 2.60. The Bertz CT molecular complexity index is 456.